The van der Waals surface area contributed by atoms with E-state index in [4.69, 9.17) is 26.3 Å². The van der Waals surface area contributed by atoms with E-state index in [-0.39, 0.29) is 18.4 Å². The number of aromatic nitrogens is 2. The highest BCUT2D eigenvalue weighted by Crippen LogP contribution is 2.37. The normalized spacial score (nSPS) is 20.0. The summed E-state index contributed by atoms with van der Waals surface area (Å²) in [6, 6.07) is 15.1. The number of amides is 1. The fourth-order valence-electron chi connectivity index (χ4n) is 7.08. The molecule has 4 heterocycles. The first-order valence-corrected chi connectivity index (χ1v) is 17.0. The Balaban J connectivity index is 1.29. The van der Waals surface area contributed by atoms with Crippen LogP contribution in [0.1, 0.15) is 36.9 Å². The van der Waals surface area contributed by atoms with Crippen molar-refractivity contribution in [2.24, 2.45) is 0 Å². The second kappa shape index (κ2) is 14.5. The van der Waals surface area contributed by atoms with Crippen molar-refractivity contribution in [3.63, 3.8) is 0 Å². The molecule has 0 spiro atoms. The number of carbonyl (C=O) groups is 1. The van der Waals surface area contributed by atoms with Crippen LogP contribution in [0.25, 0.3) is 10.8 Å². The summed E-state index contributed by atoms with van der Waals surface area (Å²) >= 11 is 6.73. The van der Waals surface area contributed by atoms with E-state index in [1.165, 1.54) is 0 Å². The smallest absolute Gasteiger partial charge is 0.318 e. The number of hydrogen-bond acceptors (Lipinski definition) is 9. The van der Waals surface area contributed by atoms with Crippen molar-refractivity contribution < 1.29 is 9.53 Å². The largest absolute Gasteiger partial charge is 0.462 e. The highest BCUT2D eigenvalue weighted by atomic mass is 35.5. The molecule has 0 N–H and O–H groups in total. The first-order chi connectivity index (χ1) is 22.7. The molecule has 11 heteroatoms. The van der Waals surface area contributed by atoms with Crippen molar-refractivity contribution in [3.8, 4) is 12.1 Å². The van der Waals surface area contributed by atoms with Gasteiger partial charge in [0.05, 0.1) is 35.8 Å². The zero-order valence-corrected chi connectivity index (χ0v) is 28.5. The third-order valence-electron chi connectivity index (χ3n) is 9.80. The Bertz CT molecular complexity index is 1670. The number of hydrogen-bond donors (Lipinski definition) is 0. The second-order valence-corrected chi connectivity index (χ2v) is 13.7. The van der Waals surface area contributed by atoms with Gasteiger partial charge in [-0.25, -0.2) is 0 Å². The van der Waals surface area contributed by atoms with Gasteiger partial charge < -0.3 is 29.2 Å². The highest BCUT2D eigenvalue weighted by Gasteiger charge is 2.35. The van der Waals surface area contributed by atoms with E-state index in [1.54, 1.807) is 0 Å². The fourth-order valence-corrected chi connectivity index (χ4v) is 7.36. The molecule has 3 aliphatic rings. The predicted octanol–water partition coefficient (Wildman–Crippen LogP) is 4.76. The van der Waals surface area contributed by atoms with Gasteiger partial charge in [-0.05, 0) is 70.9 Å². The molecule has 0 aliphatic carbocycles. The van der Waals surface area contributed by atoms with Gasteiger partial charge in [-0.2, -0.15) is 15.2 Å². The molecule has 6 rings (SSSR count). The third kappa shape index (κ3) is 7.18. The van der Waals surface area contributed by atoms with Gasteiger partial charge in [0.1, 0.15) is 12.4 Å². The second-order valence-electron chi connectivity index (χ2n) is 13.2. The van der Waals surface area contributed by atoms with Crippen LogP contribution in [-0.2, 0) is 17.8 Å². The van der Waals surface area contributed by atoms with Gasteiger partial charge in [0.2, 0.25) is 5.91 Å². The summed E-state index contributed by atoms with van der Waals surface area (Å²) in [6.45, 7) is 9.43. The van der Waals surface area contributed by atoms with E-state index in [0.29, 0.717) is 56.8 Å². The van der Waals surface area contributed by atoms with Gasteiger partial charge in [0.25, 0.3) is 0 Å². The standard InChI is InChI=1S/C36H45ClN8O2/c1-25(14-18-41(2)3)35(46)45-21-20-44(22-27(45)13-16-38)34-29-15-19-43(32-12-6-9-26-8-5-11-30(37)33(26)32)23-31(29)39-36(40-34)47-24-28-10-7-17-42(28)4/h5-6,8-9,11-12,27-28H,1,7,10,13-15,17-24H2,2-4H3/t27-,28-/m0/s1. The first kappa shape index (κ1) is 33.0. The lowest BCUT2D eigenvalue weighted by Gasteiger charge is -2.42. The number of benzene rings is 2. The molecule has 2 aromatic carbocycles. The number of halogens is 1. The average molecular weight is 657 g/mol. The Morgan fingerprint density at radius 1 is 1.11 bits per heavy atom. The molecule has 1 amide bonds. The molecule has 0 saturated carbocycles. The fraction of sp³-hybridized carbons (Fsp3) is 0.500. The zero-order valence-electron chi connectivity index (χ0n) is 27.8. The molecule has 2 atom stereocenters. The van der Waals surface area contributed by atoms with E-state index in [1.807, 2.05) is 36.0 Å². The number of ether oxygens (including phenoxy) is 1. The van der Waals surface area contributed by atoms with Crippen LogP contribution in [0.2, 0.25) is 5.02 Å². The van der Waals surface area contributed by atoms with Crippen LogP contribution in [0.4, 0.5) is 11.5 Å². The SMILES string of the molecule is C=C(CCN(C)C)C(=O)N1CCN(c2nc(OC[C@@H]3CCCN3C)nc3c2CCN(c2cccc4cccc(Cl)c24)C3)C[C@@H]1CC#N. The molecule has 2 saturated heterocycles. The molecule has 0 radical (unpaired) electrons. The van der Waals surface area contributed by atoms with Crippen molar-refractivity contribution >= 4 is 39.8 Å². The van der Waals surface area contributed by atoms with Crippen molar-refractivity contribution in [3.05, 3.63) is 64.8 Å². The minimum Gasteiger partial charge on any atom is -0.462 e. The summed E-state index contributed by atoms with van der Waals surface area (Å²) in [4.78, 5) is 34.3. The van der Waals surface area contributed by atoms with Gasteiger partial charge in [-0.1, -0.05) is 42.4 Å². The van der Waals surface area contributed by atoms with Crippen LogP contribution in [0.15, 0.2) is 48.6 Å². The number of likely N-dealkylation sites (N-methyl/N-ethyl adjacent to an activating group) is 1. The van der Waals surface area contributed by atoms with Gasteiger partial charge in [0.15, 0.2) is 0 Å². The van der Waals surface area contributed by atoms with Crippen LogP contribution in [0.5, 0.6) is 6.01 Å². The molecule has 0 bridgehead atoms. The Labute approximate surface area is 283 Å². The Hall–Kier alpha value is -3.91. The molecule has 10 nitrogen and oxygen atoms in total. The number of likely N-dealkylation sites (tertiary alicyclic amines) is 1. The maximum Gasteiger partial charge on any atom is 0.318 e. The summed E-state index contributed by atoms with van der Waals surface area (Å²) < 4.78 is 6.34. The van der Waals surface area contributed by atoms with E-state index < -0.39 is 0 Å². The summed E-state index contributed by atoms with van der Waals surface area (Å²) in [7, 11) is 6.11. The van der Waals surface area contributed by atoms with Crippen molar-refractivity contribution in [1.29, 1.82) is 5.26 Å². The van der Waals surface area contributed by atoms with Gasteiger partial charge in [0, 0.05) is 61.0 Å². The zero-order chi connectivity index (χ0) is 33.1. The number of piperazine rings is 1. The van der Waals surface area contributed by atoms with Crippen LogP contribution in [0.3, 0.4) is 0 Å². The van der Waals surface area contributed by atoms with Crippen LogP contribution < -0.4 is 14.5 Å². The number of fused-ring (bicyclic) bond motifs is 2. The number of carbonyl (C=O) groups excluding carboxylic acids is 1. The monoisotopic (exact) mass is 656 g/mol. The summed E-state index contributed by atoms with van der Waals surface area (Å²) in [5.41, 5.74) is 3.71. The maximum atomic E-state index is 13.5. The summed E-state index contributed by atoms with van der Waals surface area (Å²) in [5, 5.41) is 12.6. The molecule has 248 valence electrons. The van der Waals surface area contributed by atoms with E-state index in [0.717, 1.165) is 77.5 Å². The topological polar surface area (TPSA) is 92.1 Å². The molecular weight excluding hydrogens is 612 g/mol. The van der Waals surface area contributed by atoms with E-state index in [2.05, 4.69) is 58.7 Å². The number of nitriles is 1. The van der Waals surface area contributed by atoms with E-state index in [9.17, 15) is 10.1 Å². The van der Waals surface area contributed by atoms with Crippen molar-refractivity contribution in [2.75, 3.05) is 76.8 Å². The Morgan fingerprint density at radius 3 is 2.66 bits per heavy atom. The number of nitrogens with zero attached hydrogens (tertiary/aromatic N) is 8. The number of rotatable bonds is 10. The molecular formula is C36H45ClN8O2. The van der Waals surface area contributed by atoms with Gasteiger partial charge >= 0.3 is 6.01 Å². The van der Waals surface area contributed by atoms with Crippen LogP contribution in [0, 0.1) is 11.3 Å². The minimum absolute atomic E-state index is 0.0643. The third-order valence-corrected chi connectivity index (χ3v) is 10.1. The lowest BCUT2D eigenvalue weighted by atomic mass is 10.0. The van der Waals surface area contributed by atoms with E-state index >= 15 is 0 Å². The molecule has 3 aromatic rings. The first-order valence-electron chi connectivity index (χ1n) is 16.6. The number of anilines is 2. The molecule has 3 aliphatic heterocycles. The van der Waals surface area contributed by atoms with Gasteiger partial charge in [-0.3, -0.25) is 4.79 Å². The molecule has 47 heavy (non-hydrogen) atoms. The maximum absolute atomic E-state index is 13.5. The molecule has 2 fully saturated rings. The summed E-state index contributed by atoms with van der Waals surface area (Å²) in [5.74, 6) is 0.785. The summed E-state index contributed by atoms with van der Waals surface area (Å²) in [6.07, 6.45) is 3.84. The van der Waals surface area contributed by atoms with Crippen LogP contribution in [-0.4, -0.2) is 110 Å². The molecule has 0 unspecified atom stereocenters. The van der Waals surface area contributed by atoms with Crippen molar-refractivity contribution in [1.82, 2.24) is 24.7 Å². The predicted molar refractivity (Wildman–Crippen MR) is 187 cm³/mol. The van der Waals surface area contributed by atoms with Crippen molar-refractivity contribution in [2.45, 2.75) is 50.7 Å². The minimum atomic E-state index is -0.266. The van der Waals surface area contributed by atoms with Crippen LogP contribution >= 0.6 is 11.6 Å². The Morgan fingerprint density at radius 2 is 1.91 bits per heavy atom. The lowest BCUT2D eigenvalue weighted by Crippen LogP contribution is -2.56. The lowest BCUT2D eigenvalue weighted by molar-refractivity contribution is -0.129. The molecule has 1 aromatic heterocycles. The van der Waals surface area contributed by atoms with Gasteiger partial charge in [-0.15, -0.1) is 0 Å². The highest BCUT2D eigenvalue weighted by molar-refractivity contribution is 6.36. The quantitative estimate of drug-likeness (QED) is 0.287. The Kier molecular flexibility index (Phi) is 10.2. The average Bonchev–Trinajstić information content (AvgIpc) is 3.49.